The summed E-state index contributed by atoms with van der Waals surface area (Å²) in [6, 6.07) is 61.1. The molecule has 9 aromatic rings. The number of hydrogen-bond acceptors (Lipinski definition) is 2. The molecule has 0 bridgehead atoms. The van der Waals surface area contributed by atoms with Gasteiger partial charge >= 0.3 is 0 Å². The highest BCUT2D eigenvalue weighted by molar-refractivity contribution is 6.28. The molecule has 8 aromatic carbocycles. The number of fused-ring (bicyclic) bond motifs is 8. The zero-order chi connectivity index (χ0) is 32.3. The van der Waals surface area contributed by atoms with Gasteiger partial charge in [0.15, 0.2) is 0 Å². The fourth-order valence-corrected chi connectivity index (χ4v) is 7.65. The molecule has 0 fully saturated rings. The van der Waals surface area contributed by atoms with E-state index in [1.807, 2.05) is 0 Å². The molecule has 3 heteroatoms. The molecule has 230 valence electrons. The molecule has 1 aromatic heterocycles. The minimum atomic E-state index is -0.0233. The van der Waals surface area contributed by atoms with E-state index in [9.17, 15) is 0 Å². The van der Waals surface area contributed by atoms with Crippen LogP contribution in [-0.2, 0) is 0 Å². The molecule has 1 aliphatic heterocycles. The lowest BCUT2D eigenvalue weighted by atomic mass is 9.99. The first-order valence-corrected chi connectivity index (χ1v) is 16.8. The maximum Gasteiger partial charge on any atom is 0.134 e. The van der Waals surface area contributed by atoms with E-state index in [-0.39, 0.29) is 6.04 Å². The van der Waals surface area contributed by atoms with E-state index < -0.39 is 0 Å². The molecule has 0 saturated carbocycles. The lowest BCUT2D eigenvalue weighted by Gasteiger charge is -2.25. The molecule has 1 unspecified atom stereocenters. The third-order valence-corrected chi connectivity index (χ3v) is 9.98. The van der Waals surface area contributed by atoms with Crippen LogP contribution in [-0.4, -0.2) is 10.4 Å². The van der Waals surface area contributed by atoms with Crippen LogP contribution in [0.3, 0.4) is 0 Å². The third-order valence-electron chi connectivity index (χ3n) is 9.98. The maximum absolute atomic E-state index is 5.29. The first-order chi connectivity index (χ1) is 24.3. The van der Waals surface area contributed by atoms with Crippen LogP contribution in [0.25, 0.3) is 65.5 Å². The van der Waals surface area contributed by atoms with Gasteiger partial charge < -0.3 is 9.88 Å². The molecule has 0 amide bonds. The molecule has 1 atom stereocenters. The van der Waals surface area contributed by atoms with Crippen molar-refractivity contribution in [1.82, 2.24) is 9.88 Å². The molecule has 0 radical (unpaired) electrons. The van der Waals surface area contributed by atoms with Gasteiger partial charge in [0.25, 0.3) is 0 Å². The quantitative estimate of drug-likeness (QED) is 0.207. The van der Waals surface area contributed by atoms with Gasteiger partial charge in [-0.2, -0.15) is 0 Å². The van der Waals surface area contributed by atoms with Crippen molar-refractivity contribution in [2.24, 2.45) is 4.99 Å². The predicted octanol–water partition coefficient (Wildman–Crippen LogP) is 11.4. The second-order valence-electron chi connectivity index (χ2n) is 12.9. The molecule has 1 N–H and O–H groups in total. The Labute approximate surface area is 284 Å². The topological polar surface area (TPSA) is 29.3 Å². The molecule has 0 aliphatic carbocycles. The lowest BCUT2D eigenvalue weighted by Crippen LogP contribution is -2.31. The first-order valence-electron chi connectivity index (χ1n) is 16.8. The van der Waals surface area contributed by atoms with Crippen LogP contribution in [0, 0.1) is 0 Å². The molecular weight excluding hydrogens is 595 g/mol. The highest BCUT2D eigenvalue weighted by Gasteiger charge is 2.22. The largest absolute Gasteiger partial charge is 0.359 e. The molecule has 49 heavy (non-hydrogen) atoms. The van der Waals surface area contributed by atoms with Crippen LogP contribution < -0.4 is 5.32 Å². The number of amidine groups is 1. The van der Waals surface area contributed by atoms with E-state index in [0.717, 1.165) is 28.3 Å². The van der Waals surface area contributed by atoms with E-state index in [1.165, 1.54) is 59.7 Å². The number of hydrogen-bond donors (Lipinski definition) is 1. The van der Waals surface area contributed by atoms with E-state index >= 15 is 0 Å². The third kappa shape index (κ3) is 4.55. The summed E-state index contributed by atoms with van der Waals surface area (Å²) in [6.07, 6.45) is 2.25. The minimum Gasteiger partial charge on any atom is -0.359 e. The van der Waals surface area contributed by atoms with Gasteiger partial charge in [0, 0.05) is 27.6 Å². The second-order valence-corrected chi connectivity index (χ2v) is 12.9. The summed E-state index contributed by atoms with van der Waals surface area (Å²) in [7, 11) is 0. The van der Waals surface area contributed by atoms with Crippen LogP contribution >= 0.6 is 0 Å². The summed E-state index contributed by atoms with van der Waals surface area (Å²) in [5.41, 5.74) is 7.81. The fourth-order valence-electron chi connectivity index (χ4n) is 7.65. The molecule has 2 heterocycles. The van der Waals surface area contributed by atoms with Crippen LogP contribution in [0.5, 0.6) is 0 Å². The Hall–Kier alpha value is -6.45. The Morgan fingerprint density at radius 3 is 1.80 bits per heavy atom. The van der Waals surface area contributed by atoms with E-state index in [4.69, 9.17) is 4.99 Å². The average Bonchev–Trinajstić information content (AvgIpc) is 3.53. The van der Waals surface area contributed by atoms with Crippen molar-refractivity contribution >= 4 is 65.7 Å². The van der Waals surface area contributed by atoms with Crippen LogP contribution in [0.15, 0.2) is 181 Å². The molecule has 3 nitrogen and oxygen atoms in total. The van der Waals surface area contributed by atoms with Gasteiger partial charge in [0.05, 0.1) is 22.8 Å². The summed E-state index contributed by atoms with van der Waals surface area (Å²) in [5.74, 6) is 0.859. The fraction of sp³-hybridized carbons (Fsp3) is 0.0217. The molecule has 10 rings (SSSR count). The number of nitrogens with one attached hydrogen (secondary N) is 1. The number of nitrogens with zero attached hydrogens (tertiary/aromatic N) is 2. The summed E-state index contributed by atoms with van der Waals surface area (Å²) in [6.45, 7) is 0. The van der Waals surface area contributed by atoms with Crippen molar-refractivity contribution in [3.63, 3.8) is 0 Å². The van der Waals surface area contributed by atoms with Crippen molar-refractivity contribution < 1.29 is 0 Å². The van der Waals surface area contributed by atoms with Gasteiger partial charge in [-0.3, -0.25) is 0 Å². The van der Waals surface area contributed by atoms with E-state index in [2.05, 4.69) is 186 Å². The van der Waals surface area contributed by atoms with Crippen molar-refractivity contribution in [2.45, 2.75) is 6.04 Å². The smallest absolute Gasteiger partial charge is 0.134 e. The molecule has 0 spiro atoms. The van der Waals surface area contributed by atoms with E-state index in [1.54, 1.807) is 0 Å². The Morgan fingerprint density at radius 1 is 0.469 bits per heavy atom. The summed E-state index contributed by atoms with van der Waals surface area (Å²) >= 11 is 0. The normalized spacial score (nSPS) is 14.7. The van der Waals surface area contributed by atoms with Gasteiger partial charge in [-0.15, -0.1) is 0 Å². The maximum atomic E-state index is 5.29. The molecule has 1 aliphatic rings. The van der Waals surface area contributed by atoms with Crippen LogP contribution in [0.4, 0.5) is 0 Å². The Kier molecular flexibility index (Phi) is 6.25. The standard InChI is InChI=1S/C46H31N3/c1-2-14-33(15-3-1)40-29-41(35-22-21-30-11-4-5-16-34(30)27-35)48-46(47-40)36-17-10-18-37(28-36)49-42-25-23-31-12-6-8-19-38(31)44(42)45-39-20-9-7-13-32(39)24-26-43(45)49/h1-29,40H,(H,47,48). The number of benzene rings is 8. The van der Waals surface area contributed by atoms with Crippen molar-refractivity contribution in [3.05, 3.63) is 193 Å². The predicted molar refractivity (Wildman–Crippen MR) is 207 cm³/mol. The highest BCUT2D eigenvalue weighted by atomic mass is 15.1. The highest BCUT2D eigenvalue weighted by Crippen LogP contribution is 2.40. The van der Waals surface area contributed by atoms with Gasteiger partial charge in [-0.25, -0.2) is 4.99 Å². The Bertz CT molecular complexity index is 2710. The monoisotopic (exact) mass is 625 g/mol. The van der Waals surface area contributed by atoms with Crippen molar-refractivity contribution in [2.75, 3.05) is 0 Å². The summed E-state index contributed by atoms with van der Waals surface area (Å²) < 4.78 is 2.42. The van der Waals surface area contributed by atoms with E-state index in [0.29, 0.717) is 0 Å². The van der Waals surface area contributed by atoms with Gasteiger partial charge in [0.2, 0.25) is 0 Å². The van der Waals surface area contributed by atoms with Gasteiger partial charge in [-0.1, -0.05) is 140 Å². The SMILES string of the molecule is C1=C(c2ccc3ccccc3c2)N=C(c2cccc(-n3c4ccc5ccccc5c4c4c5ccccc5ccc43)c2)NC1c1ccccc1. The van der Waals surface area contributed by atoms with Gasteiger partial charge in [0.1, 0.15) is 5.84 Å². The van der Waals surface area contributed by atoms with Crippen molar-refractivity contribution in [3.8, 4) is 5.69 Å². The Morgan fingerprint density at radius 2 is 1.08 bits per heavy atom. The summed E-state index contributed by atoms with van der Waals surface area (Å²) in [5, 5.41) is 13.8. The second kappa shape index (κ2) is 11.1. The average molecular weight is 626 g/mol. The Balaban J connectivity index is 1.17. The number of aromatic nitrogens is 1. The zero-order valence-corrected chi connectivity index (χ0v) is 26.7. The van der Waals surface area contributed by atoms with Crippen LogP contribution in [0.1, 0.15) is 22.7 Å². The van der Waals surface area contributed by atoms with Crippen LogP contribution in [0.2, 0.25) is 0 Å². The number of aliphatic imine (C=N–C) groups is 1. The molecule has 0 saturated heterocycles. The number of rotatable bonds is 4. The molecular formula is C46H31N3. The van der Waals surface area contributed by atoms with Gasteiger partial charge in [-0.05, 0) is 74.3 Å². The first kappa shape index (κ1) is 27.6. The van der Waals surface area contributed by atoms with Crippen molar-refractivity contribution in [1.29, 1.82) is 0 Å². The lowest BCUT2D eigenvalue weighted by molar-refractivity contribution is 0.781. The summed E-state index contributed by atoms with van der Waals surface area (Å²) in [4.78, 5) is 5.29. The zero-order valence-electron chi connectivity index (χ0n) is 26.7. The minimum absolute atomic E-state index is 0.0233.